The highest BCUT2D eigenvalue weighted by Gasteiger charge is 2.39. The largest absolute Gasteiger partial charge is 0.349 e. The Hall–Kier alpha value is -0.370. The Bertz CT molecular complexity index is 661. The average molecular weight is 380 g/mol. The lowest BCUT2D eigenvalue weighted by Gasteiger charge is -2.36. The van der Waals surface area contributed by atoms with Gasteiger partial charge >= 0.3 is 0 Å². The van der Waals surface area contributed by atoms with Gasteiger partial charge in [0, 0.05) is 6.54 Å². The number of sulfonamides is 1. The highest BCUT2D eigenvalue weighted by molar-refractivity contribution is 7.88. The zero-order valence-corrected chi connectivity index (χ0v) is 14.9. The van der Waals surface area contributed by atoms with E-state index in [1.165, 1.54) is 4.31 Å². The van der Waals surface area contributed by atoms with E-state index in [2.05, 4.69) is 0 Å². The van der Waals surface area contributed by atoms with E-state index in [0.717, 1.165) is 19.3 Å². The fourth-order valence-corrected chi connectivity index (χ4v) is 5.18. The fourth-order valence-electron chi connectivity index (χ4n) is 3.07. The maximum atomic E-state index is 12.9. The SMILES string of the molecule is O=S(=O)(Cc1ccc(Cl)c(Cl)c1)N1CCCCC1C1OCCO1. The van der Waals surface area contributed by atoms with Crippen LogP contribution in [0, 0.1) is 0 Å². The number of halogens is 2. The minimum Gasteiger partial charge on any atom is -0.349 e. The standard InChI is InChI=1S/C15H19Cl2NO4S/c16-12-5-4-11(9-13(12)17)10-23(19,20)18-6-2-1-3-14(18)15-21-7-8-22-15/h4-5,9,14-15H,1-3,6-8,10H2. The normalized spacial score (nSPS) is 24.2. The van der Waals surface area contributed by atoms with Crippen molar-refractivity contribution in [2.45, 2.75) is 37.3 Å². The Morgan fingerprint density at radius 3 is 2.57 bits per heavy atom. The lowest BCUT2D eigenvalue weighted by Crippen LogP contribution is -2.50. The quantitative estimate of drug-likeness (QED) is 0.806. The second-order valence-corrected chi connectivity index (χ2v) is 8.52. The van der Waals surface area contributed by atoms with E-state index >= 15 is 0 Å². The molecule has 0 amide bonds. The monoisotopic (exact) mass is 379 g/mol. The third-order valence-electron chi connectivity index (χ3n) is 4.15. The van der Waals surface area contributed by atoms with Crippen molar-refractivity contribution in [3.63, 3.8) is 0 Å². The van der Waals surface area contributed by atoms with E-state index < -0.39 is 16.3 Å². The van der Waals surface area contributed by atoms with Crippen LogP contribution in [0.5, 0.6) is 0 Å². The van der Waals surface area contributed by atoms with Gasteiger partial charge in [-0.3, -0.25) is 0 Å². The zero-order valence-electron chi connectivity index (χ0n) is 12.6. The molecule has 1 aromatic carbocycles. The number of ether oxygens (including phenoxy) is 2. The Kier molecular flexibility index (Phi) is 5.50. The van der Waals surface area contributed by atoms with E-state index in [-0.39, 0.29) is 11.8 Å². The van der Waals surface area contributed by atoms with Crippen LogP contribution in [0.4, 0.5) is 0 Å². The van der Waals surface area contributed by atoms with Crippen LogP contribution in [0.2, 0.25) is 10.0 Å². The topological polar surface area (TPSA) is 55.8 Å². The first-order valence-electron chi connectivity index (χ1n) is 7.64. The predicted octanol–water partition coefficient (Wildman–Crippen LogP) is 3.05. The lowest BCUT2D eigenvalue weighted by molar-refractivity contribution is -0.0913. The third kappa shape index (κ3) is 4.00. The van der Waals surface area contributed by atoms with Crippen molar-refractivity contribution in [2.75, 3.05) is 19.8 Å². The number of nitrogens with zero attached hydrogens (tertiary/aromatic N) is 1. The smallest absolute Gasteiger partial charge is 0.218 e. The molecule has 1 unspecified atom stereocenters. The average Bonchev–Trinajstić information content (AvgIpc) is 3.05. The first-order valence-corrected chi connectivity index (χ1v) is 10.0. The van der Waals surface area contributed by atoms with Crippen molar-refractivity contribution >= 4 is 33.2 Å². The zero-order chi connectivity index (χ0) is 16.4. The lowest BCUT2D eigenvalue weighted by atomic mass is 10.0. The molecule has 0 N–H and O–H groups in total. The maximum Gasteiger partial charge on any atom is 0.218 e. The second kappa shape index (κ2) is 7.25. The molecule has 0 saturated carbocycles. The second-order valence-electron chi connectivity index (χ2n) is 5.79. The molecule has 0 aliphatic carbocycles. The van der Waals surface area contributed by atoms with Gasteiger partial charge in [-0.2, -0.15) is 4.31 Å². The maximum absolute atomic E-state index is 12.9. The molecular weight excluding hydrogens is 361 g/mol. The minimum absolute atomic E-state index is 0.104. The van der Waals surface area contributed by atoms with E-state index in [1.807, 2.05) is 0 Å². The Morgan fingerprint density at radius 1 is 1.13 bits per heavy atom. The molecule has 128 valence electrons. The first kappa shape index (κ1) is 17.5. The number of rotatable bonds is 4. The van der Waals surface area contributed by atoms with E-state index in [4.69, 9.17) is 32.7 Å². The molecule has 0 bridgehead atoms. The number of hydrogen-bond donors (Lipinski definition) is 0. The summed E-state index contributed by atoms with van der Waals surface area (Å²) in [4.78, 5) is 0. The molecule has 0 spiro atoms. The molecule has 2 fully saturated rings. The number of benzene rings is 1. The molecule has 1 aromatic rings. The van der Waals surface area contributed by atoms with Gasteiger partial charge in [0.2, 0.25) is 10.0 Å². The minimum atomic E-state index is -3.48. The van der Waals surface area contributed by atoms with Crippen LogP contribution in [-0.2, 0) is 25.2 Å². The molecule has 5 nitrogen and oxygen atoms in total. The molecule has 2 heterocycles. The van der Waals surface area contributed by atoms with Gasteiger partial charge in [-0.1, -0.05) is 35.7 Å². The fraction of sp³-hybridized carbons (Fsp3) is 0.600. The van der Waals surface area contributed by atoms with Crippen molar-refractivity contribution in [1.29, 1.82) is 0 Å². The van der Waals surface area contributed by atoms with Gasteiger partial charge in [0.1, 0.15) is 0 Å². The van der Waals surface area contributed by atoms with E-state index in [9.17, 15) is 8.42 Å². The summed E-state index contributed by atoms with van der Waals surface area (Å²) < 4.78 is 38.3. The summed E-state index contributed by atoms with van der Waals surface area (Å²) in [5, 5.41) is 0.772. The molecule has 2 aliphatic rings. The van der Waals surface area contributed by atoms with Crippen LogP contribution < -0.4 is 0 Å². The summed E-state index contributed by atoms with van der Waals surface area (Å²) in [6, 6.07) is 4.65. The molecule has 2 saturated heterocycles. The number of piperidine rings is 1. The molecule has 8 heteroatoms. The highest BCUT2D eigenvalue weighted by Crippen LogP contribution is 2.29. The van der Waals surface area contributed by atoms with E-state index in [1.54, 1.807) is 18.2 Å². The van der Waals surface area contributed by atoms with Crippen molar-refractivity contribution < 1.29 is 17.9 Å². The Labute approximate surface area is 146 Å². The molecule has 23 heavy (non-hydrogen) atoms. The summed E-state index contributed by atoms with van der Waals surface area (Å²) in [6.45, 7) is 1.53. The summed E-state index contributed by atoms with van der Waals surface area (Å²) in [7, 11) is -3.48. The van der Waals surface area contributed by atoms with Crippen LogP contribution in [0.1, 0.15) is 24.8 Å². The molecule has 1 atom stereocenters. The summed E-state index contributed by atoms with van der Waals surface area (Å²) >= 11 is 11.9. The molecule has 0 radical (unpaired) electrons. The Morgan fingerprint density at radius 2 is 1.87 bits per heavy atom. The van der Waals surface area contributed by atoms with Crippen LogP contribution in [0.3, 0.4) is 0 Å². The van der Waals surface area contributed by atoms with Crippen LogP contribution >= 0.6 is 23.2 Å². The summed E-state index contributed by atoms with van der Waals surface area (Å²) in [6.07, 6.45) is 2.13. The first-order chi connectivity index (χ1) is 11.0. The van der Waals surface area contributed by atoms with Gasteiger partial charge in [0.05, 0.1) is 35.1 Å². The summed E-state index contributed by atoms with van der Waals surface area (Å²) in [5.41, 5.74) is 0.622. The van der Waals surface area contributed by atoms with E-state index in [0.29, 0.717) is 35.4 Å². The molecular formula is C15H19Cl2NO4S. The Balaban J connectivity index is 1.79. The van der Waals surface area contributed by atoms with Gasteiger partial charge in [0.15, 0.2) is 6.29 Å². The van der Waals surface area contributed by atoms with Crippen molar-refractivity contribution in [1.82, 2.24) is 4.31 Å². The van der Waals surface area contributed by atoms with Crippen LogP contribution in [0.15, 0.2) is 18.2 Å². The highest BCUT2D eigenvalue weighted by atomic mass is 35.5. The van der Waals surface area contributed by atoms with Crippen LogP contribution in [0.25, 0.3) is 0 Å². The van der Waals surface area contributed by atoms with Gasteiger partial charge < -0.3 is 9.47 Å². The van der Waals surface area contributed by atoms with Crippen molar-refractivity contribution in [3.8, 4) is 0 Å². The van der Waals surface area contributed by atoms with Gasteiger partial charge in [-0.05, 0) is 30.5 Å². The third-order valence-corrected chi connectivity index (χ3v) is 6.76. The molecule has 0 aromatic heterocycles. The van der Waals surface area contributed by atoms with Crippen molar-refractivity contribution in [2.24, 2.45) is 0 Å². The van der Waals surface area contributed by atoms with Gasteiger partial charge in [-0.15, -0.1) is 0 Å². The van der Waals surface area contributed by atoms with Crippen molar-refractivity contribution in [3.05, 3.63) is 33.8 Å². The van der Waals surface area contributed by atoms with Gasteiger partial charge in [-0.25, -0.2) is 8.42 Å². The summed E-state index contributed by atoms with van der Waals surface area (Å²) in [5.74, 6) is -0.104. The number of hydrogen-bond acceptors (Lipinski definition) is 4. The molecule has 2 aliphatic heterocycles. The van der Waals surface area contributed by atoms with Crippen LogP contribution in [-0.4, -0.2) is 44.8 Å². The molecule has 3 rings (SSSR count). The van der Waals surface area contributed by atoms with Gasteiger partial charge in [0.25, 0.3) is 0 Å². The predicted molar refractivity (Wildman–Crippen MR) is 89.1 cm³/mol.